The van der Waals surface area contributed by atoms with Crippen LogP contribution in [0, 0.1) is 5.92 Å². The Balaban J connectivity index is 2.85. The van der Waals surface area contributed by atoms with Gasteiger partial charge in [0.2, 0.25) is 5.91 Å². The third-order valence-electron chi connectivity index (χ3n) is 2.66. The molecule has 0 aliphatic heterocycles. The highest BCUT2D eigenvalue weighted by molar-refractivity contribution is 5.97. The van der Waals surface area contributed by atoms with E-state index in [2.05, 4.69) is 5.32 Å². The van der Waals surface area contributed by atoms with Crippen LogP contribution in [0.15, 0.2) is 24.3 Å². The van der Waals surface area contributed by atoms with Gasteiger partial charge >= 0.3 is 0 Å². The topological polar surface area (TPSA) is 58.4 Å². The number of rotatable bonds is 4. The number of amides is 1. The minimum atomic E-state index is -0.481. The molecule has 4 heteroatoms. The van der Waals surface area contributed by atoms with Gasteiger partial charge in [0.05, 0.1) is 17.4 Å². The van der Waals surface area contributed by atoms with E-state index < -0.39 is 6.04 Å². The van der Waals surface area contributed by atoms with Crippen molar-refractivity contribution in [3.63, 3.8) is 0 Å². The zero-order chi connectivity index (χ0) is 13.0. The van der Waals surface area contributed by atoms with Crippen molar-refractivity contribution in [2.75, 3.05) is 24.3 Å². The highest BCUT2D eigenvalue weighted by Crippen LogP contribution is 2.23. The van der Waals surface area contributed by atoms with E-state index >= 15 is 0 Å². The van der Waals surface area contributed by atoms with Crippen LogP contribution in [0.3, 0.4) is 0 Å². The SMILES string of the molecule is CC(C)C(N)C(=O)Nc1ccccc1N(C)C. The molecule has 0 bridgehead atoms. The van der Waals surface area contributed by atoms with Gasteiger partial charge in [-0.1, -0.05) is 26.0 Å². The van der Waals surface area contributed by atoms with Gasteiger partial charge in [-0.15, -0.1) is 0 Å². The maximum Gasteiger partial charge on any atom is 0.241 e. The molecule has 1 unspecified atom stereocenters. The maximum absolute atomic E-state index is 11.9. The van der Waals surface area contributed by atoms with E-state index in [0.29, 0.717) is 0 Å². The molecule has 17 heavy (non-hydrogen) atoms. The minimum Gasteiger partial charge on any atom is -0.376 e. The summed E-state index contributed by atoms with van der Waals surface area (Å²) in [4.78, 5) is 13.8. The highest BCUT2D eigenvalue weighted by Gasteiger charge is 2.18. The van der Waals surface area contributed by atoms with Crippen molar-refractivity contribution in [1.29, 1.82) is 0 Å². The number of carbonyl (C=O) groups excluding carboxylic acids is 1. The van der Waals surface area contributed by atoms with Crippen LogP contribution in [0.4, 0.5) is 11.4 Å². The first-order valence-electron chi connectivity index (χ1n) is 5.76. The second kappa shape index (κ2) is 5.68. The molecular weight excluding hydrogens is 214 g/mol. The first-order valence-corrected chi connectivity index (χ1v) is 5.76. The van der Waals surface area contributed by atoms with Gasteiger partial charge in [-0.25, -0.2) is 0 Å². The van der Waals surface area contributed by atoms with Crippen LogP contribution in [0.25, 0.3) is 0 Å². The number of nitrogens with one attached hydrogen (secondary N) is 1. The second-order valence-electron chi connectivity index (χ2n) is 4.67. The van der Waals surface area contributed by atoms with Gasteiger partial charge in [-0.3, -0.25) is 4.79 Å². The molecule has 0 aliphatic carbocycles. The van der Waals surface area contributed by atoms with E-state index in [1.165, 1.54) is 0 Å². The number of anilines is 2. The second-order valence-corrected chi connectivity index (χ2v) is 4.67. The minimum absolute atomic E-state index is 0.126. The first-order chi connectivity index (χ1) is 7.93. The third-order valence-corrected chi connectivity index (χ3v) is 2.66. The van der Waals surface area contributed by atoms with Gasteiger partial charge in [-0.05, 0) is 18.1 Å². The van der Waals surface area contributed by atoms with Crippen LogP contribution in [-0.4, -0.2) is 26.0 Å². The molecule has 3 N–H and O–H groups in total. The smallest absolute Gasteiger partial charge is 0.241 e. The Bertz CT molecular complexity index is 388. The first kappa shape index (κ1) is 13.5. The van der Waals surface area contributed by atoms with Gasteiger partial charge in [0, 0.05) is 14.1 Å². The van der Waals surface area contributed by atoms with Crippen molar-refractivity contribution in [2.24, 2.45) is 11.7 Å². The predicted octanol–water partition coefficient (Wildman–Crippen LogP) is 1.67. The van der Waals surface area contributed by atoms with Crippen LogP contribution < -0.4 is 16.0 Å². The zero-order valence-electron chi connectivity index (χ0n) is 10.9. The van der Waals surface area contributed by atoms with E-state index in [1.54, 1.807) is 0 Å². The van der Waals surface area contributed by atoms with Crippen LogP contribution >= 0.6 is 0 Å². The average molecular weight is 235 g/mol. The Morgan fingerprint density at radius 2 is 1.88 bits per heavy atom. The summed E-state index contributed by atoms with van der Waals surface area (Å²) >= 11 is 0. The summed E-state index contributed by atoms with van der Waals surface area (Å²) in [7, 11) is 3.88. The number of para-hydroxylation sites is 2. The number of nitrogens with zero attached hydrogens (tertiary/aromatic N) is 1. The Morgan fingerprint density at radius 1 is 1.29 bits per heavy atom. The fraction of sp³-hybridized carbons (Fsp3) is 0.462. The summed E-state index contributed by atoms with van der Waals surface area (Å²) in [5, 5.41) is 2.87. The molecular formula is C13H21N3O. The van der Waals surface area contributed by atoms with Gasteiger partial charge in [-0.2, -0.15) is 0 Å². The van der Waals surface area contributed by atoms with Crippen LogP contribution in [0.2, 0.25) is 0 Å². The average Bonchev–Trinajstić information content (AvgIpc) is 2.28. The Hall–Kier alpha value is -1.55. The maximum atomic E-state index is 11.9. The zero-order valence-corrected chi connectivity index (χ0v) is 10.9. The molecule has 0 aliphatic rings. The van der Waals surface area contributed by atoms with E-state index in [4.69, 9.17) is 5.73 Å². The predicted molar refractivity (Wildman–Crippen MR) is 72.2 cm³/mol. The Morgan fingerprint density at radius 3 is 2.41 bits per heavy atom. The lowest BCUT2D eigenvalue weighted by atomic mass is 10.0. The third kappa shape index (κ3) is 3.46. The molecule has 1 amide bonds. The summed E-state index contributed by atoms with van der Waals surface area (Å²) in [6.07, 6.45) is 0. The summed E-state index contributed by atoms with van der Waals surface area (Å²) in [5.74, 6) is -0.0178. The number of carbonyl (C=O) groups is 1. The molecule has 94 valence electrons. The molecule has 1 aromatic rings. The van der Waals surface area contributed by atoms with Crippen LogP contribution in [-0.2, 0) is 4.79 Å². The number of hydrogen-bond acceptors (Lipinski definition) is 3. The van der Waals surface area contributed by atoms with Gasteiger partial charge in [0.15, 0.2) is 0 Å². The van der Waals surface area contributed by atoms with Crippen molar-refractivity contribution in [1.82, 2.24) is 0 Å². The summed E-state index contributed by atoms with van der Waals surface area (Å²) in [6.45, 7) is 3.87. The number of hydrogen-bond donors (Lipinski definition) is 2. The van der Waals surface area contributed by atoms with Crippen molar-refractivity contribution >= 4 is 17.3 Å². The van der Waals surface area contributed by atoms with Crippen LogP contribution in [0.5, 0.6) is 0 Å². The molecule has 0 spiro atoms. The van der Waals surface area contributed by atoms with Gasteiger partial charge in [0.25, 0.3) is 0 Å². The fourth-order valence-corrected chi connectivity index (χ4v) is 1.49. The molecule has 0 heterocycles. The van der Waals surface area contributed by atoms with Gasteiger partial charge in [0.1, 0.15) is 0 Å². The van der Waals surface area contributed by atoms with Crippen molar-refractivity contribution in [3.05, 3.63) is 24.3 Å². The molecule has 1 atom stereocenters. The Kier molecular flexibility index (Phi) is 4.52. The molecule has 1 aromatic carbocycles. The standard InChI is InChI=1S/C13H21N3O/c1-9(2)12(14)13(17)15-10-7-5-6-8-11(10)16(3)4/h5-9,12H,14H2,1-4H3,(H,15,17). The lowest BCUT2D eigenvalue weighted by Gasteiger charge is -2.20. The summed E-state index contributed by atoms with van der Waals surface area (Å²) in [6, 6.07) is 7.18. The molecule has 0 saturated heterocycles. The monoisotopic (exact) mass is 235 g/mol. The molecule has 0 saturated carbocycles. The van der Waals surface area contributed by atoms with E-state index in [1.807, 2.05) is 57.1 Å². The summed E-state index contributed by atoms with van der Waals surface area (Å²) < 4.78 is 0. The van der Waals surface area contributed by atoms with E-state index in [-0.39, 0.29) is 11.8 Å². The Labute approximate surface area is 103 Å². The van der Waals surface area contributed by atoms with Crippen molar-refractivity contribution < 1.29 is 4.79 Å². The molecule has 0 fully saturated rings. The number of nitrogens with two attached hydrogens (primary N) is 1. The normalized spacial score (nSPS) is 12.4. The largest absolute Gasteiger partial charge is 0.376 e. The lowest BCUT2D eigenvalue weighted by Crippen LogP contribution is -2.40. The van der Waals surface area contributed by atoms with E-state index in [9.17, 15) is 4.79 Å². The van der Waals surface area contributed by atoms with Crippen molar-refractivity contribution in [3.8, 4) is 0 Å². The summed E-state index contributed by atoms with van der Waals surface area (Å²) in [5.41, 5.74) is 7.57. The lowest BCUT2D eigenvalue weighted by molar-refractivity contribution is -0.118. The van der Waals surface area contributed by atoms with Gasteiger partial charge < -0.3 is 16.0 Å². The quantitative estimate of drug-likeness (QED) is 0.834. The van der Waals surface area contributed by atoms with Crippen molar-refractivity contribution in [2.45, 2.75) is 19.9 Å². The molecule has 0 radical (unpaired) electrons. The molecule has 1 rings (SSSR count). The molecule has 4 nitrogen and oxygen atoms in total. The number of benzene rings is 1. The van der Waals surface area contributed by atoms with E-state index in [0.717, 1.165) is 11.4 Å². The van der Waals surface area contributed by atoms with Crippen LogP contribution in [0.1, 0.15) is 13.8 Å². The molecule has 0 aromatic heterocycles. The fourth-order valence-electron chi connectivity index (χ4n) is 1.49. The highest BCUT2D eigenvalue weighted by atomic mass is 16.2.